The Kier molecular flexibility index (Phi) is 4.78. The van der Waals surface area contributed by atoms with Crippen LogP contribution in [0.5, 0.6) is 5.75 Å². The van der Waals surface area contributed by atoms with Crippen molar-refractivity contribution in [2.24, 2.45) is 7.05 Å². The first kappa shape index (κ1) is 20.3. The van der Waals surface area contributed by atoms with E-state index in [9.17, 15) is 9.90 Å². The molecule has 0 spiro atoms. The second-order valence-electron chi connectivity index (χ2n) is 8.58. The van der Waals surface area contributed by atoms with Gasteiger partial charge in [-0.05, 0) is 49.6 Å². The van der Waals surface area contributed by atoms with E-state index in [0.717, 1.165) is 22.0 Å². The van der Waals surface area contributed by atoms with E-state index in [1.807, 2.05) is 42.2 Å². The number of nitrogens with one attached hydrogen (secondary N) is 2. The lowest BCUT2D eigenvalue weighted by atomic mass is 9.94. The molecule has 3 N–H and O–H groups in total. The molecule has 4 aromatic rings. The summed E-state index contributed by atoms with van der Waals surface area (Å²) in [5.74, 6) is 1.00. The number of likely N-dealkylation sites (tertiary alicyclic amines) is 1. The quantitative estimate of drug-likeness (QED) is 0.457. The number of aryl methyl sites for hydroxylation is 1. The number of fused-ring (bicyclic) bond motifs is 2. The average Bonchev–Trinajstić information content (AvgIpc) is 3.36. The molecule has 0 unspecified atom stereocenters. The van der Waals surface area contributed by atoms with Crippen LogP contribution in [0.3, 0.4) is 0 Å². The molecule has 0 bridgehead atoms. The number of carbonyl (C=O) groups is 1. The minimum absolute atomic E-state index is 0.239. The lowest BCUT2D eigenvalue weighted by Crippen LogP contribution is -2.46. The number of ether oxygens (including phenoxy) is 1. The number of rotatable bonds is 3. The Balaban J connectivity index is 1.48. The van der Waals surface area contributed by atoms with Gasteiger partial charge < -0.3 is 19.7 Å². The van der Waals surface area contributed by atoms with Crippen LogP contribution >= 0.6 is 0 Å². The summed E-state index contributed by atoms with van der Waals surface area (Å²) in [6.45, 7) is 2.80. The SMILES string of the molecule is COc1ccc(-c2ccc3c(cnn3C)c2)c2nc(NC(=O)N3CCC(C)(O)CC3)[nH]c12. The molecule has 0 saturated carbocycles. The van der Waals surface area contributed by atoms with Crippen LogP contribution in [0.15, 0.2) is 36.5 Å². The molecule has 9 nitrogen and oxygen atoms in total. The first-order chi connectivity index (χ1) is 15.3. The van der Waals surface area contributed by atoms with Crippen LogP contribution in [0.25, 0.3) is 33.1 Å². The standard InChI is InChI=1S/C23H26N6O3/c1-23(31)8-10-29(11-9-23)22(30)27-21-25-19-16(5-7-18(32-3)20(19)26-21)14-4-6-17-15(12-14)13-24-28(17)2/h4-7,12-13,31H,8-11H2,1-3H3,(H2,25,26,27,30). The second-order valence-corrected chi connectivity index (χ2v) is 8.58. The van der Waals surface area contributed by atoms with Gasteiger partial charge in [0, 0.05) is 31.1 Å². The highest BCUT2D eigenvalue weighted by Crippen LogP contribution is 2.35. The van der Waals surface area contributed by atoms with Gasteiger partial charge in [0.05, 0.1) is 24.4 Å². The number of urea groups is 1. The number of aromatic nitrogens is 4. The predicted molar refractivity (Wildman–Crippen MR) is 123 cm³/mol. The van der Waals surface area contributed by atoms with Crippen molar-refractivity contribution in [3.8, 4) is 16.9 Å². The van der Waals surface area contributed by atoms with Crippen molar-refractivity contribution in [1.82, 2.24) is 24.6 Å². The summed E-state index contributed by atoms with van der Waals surface area (Å²) in [6.07, 6.45) is 2.94. The fourth-order valence-electron chi connectivity index (χ4n) is 4.23. The lowest BCUT2D eigenvalue weighted by Gasteiger charge is -2.35. The number of hydrogen-bond acceptors (Lipinski definition) is 5. The Bertz CT molecular complexity index is 1310. The summed E-state index contributed by atoms with van der Waals surface area (Å²) in [7, 11) is 3.52. The molecule has 1 aliphatic rings. The van der Waals surface area contributed by atoms with Gasteiger partial charge in [0.2, 0.25) is 5.95 Å². The normalized spacial score (nSPS) is 15.9. The van der Waals surface area contributed by atoms with Gasteiger partial charge in [-0.25, -0.2) is 9.78 Å². The number of imidazole rings is 1. The van der Waals surface area contributed by atoms with Gasteiger partial charge in [-0.15, -0.1) is 0 Å². The van der Waals surface area contributed by atoms with E-state index in [1.54, 1.807) is 18.9 Å². The summed E-state index contributed by atoms with van der Waals surface area (Å²) in [6, 6.07) is 9.78. The summed E-state index contributed by atoms with van der Waals surface area (Å²) < 4.78 is 7.35. The molecule has 2 amide bonds. The smallest absolute Gasteiger partial charge is 0.324 e. The Hall–Kier alpha value is -3.59. The molecule has 2 aromatic carbocycles. The number of piperidine rings is 1. The molecule has 1 saturated heterocycles. The van der Waals surface area contributed by atoms with E-state index in [1.165, 1.54) is 0 Å². The maximum absolute atomic E-state index is 12.7. The van der Waals surface area contributed by atoms with Crippen molar-refractivity contribution in [3.05, 3.63) is 36.5 Å². The summed E-state index contributed by atoms with van der Waals surface area (Å²) >= 11 is 0. The molecular weight excluding hydrogens is 408 g/mol. The fraction of sp³-hybridized carbons (Fsp3) is 0.348. The van der Waals surface area contributed by atoms with Crippen molar-refractivity contribution in [2.45, 2.75) is 25.4 Å². The zero-order chi connectivity index (χ0) is 22.5. The number of nitrogens with zero attached hydrogens (tertiary/aromatic N) is 4. The number of anilines is 1. The van der Waals surface area contributed by atoms with E-state index in [4.69, 9.17) is 4.74 Å². The van der Waals surface area contributed by atoms with Crippen LogP contribution in [0.4, 0.5) is 10.7 Å². The highest BCUT2D eigenvalue weighted by molar-refractivity contribution is 6.00. The predicted octanol–water partition coefficient (Wildman–Crippen LogP) is 3.50. The Labute approximate surface area is 185 Å². The fourth-order valence-corrected chi connectivity index (χ4v) is 4.23. The maximum atomic E-state index is 12.7. The zero-order valence-corrected chi connectivity index (χ0v) is 18.3. The average molecular weight is 435 g/mol. The highest BCUT2D eigenvalue weighted by Gasteiger charge is 2.30. The highest BCUT2D eigenvalue weighted by atomic mass is 16.5. The summed E-state index contributed by atoms with van der Waals surface area (Å²) in [5, 5.41) is 18.3. The van der Waals surface area contributed by atoms with Crippen LogP contribution < -0.4 is 10.1 Å². The number of aromatic amines is 1. The van der Waals surface area contributed by atoms with Gasteiger partial charge in [0.25, 0.3) is 0 Å². The van der Waals surface area contributed by atoms with E-state index >= 15 is 0 Å². The Morgan fingerprint density at radius 2 is 2.03 bits per heavy atom. The number of carbonyl (C=O) groups excluding carboxylic acids is 1. The van der Waals surface area contributed by atoms with Crippen molar-refractivity contribution in [2.75, 3.05) is 25.5 Å². The molecule has 9 heteroatoms. The van der Waals surface area contributed by atoms with Crippen LogP contribution in [0, 0.1) is 0 Å². The van der Waals surface area contributed by atoms with Crippen molar-refractivity contribution < 1.29 is 14.6 Å². The zero-order valence-electron chi connectivity index (χ0n) is 18.3. The van der Waals surface area contributed by atoms with E-state index in [-0.39, 0.29) is 6.03 Å². The first-order valence-corrected chi connectivity index (χ1v) is 10.6. The number of aliphatic hydroxyl groups is 1. The Morgan fingerprint density at radius 1 is 1.25 bits per heavy atom. The maximum Gasteiger partial charge on any atom is 0.324 e. The van der Waals surface area contributed by atoms with Crippen LogP contribution in [-0.4, -0.2) is 61.6 Å². The topological polar surface area (TPSA) is 108 Å². The first-order valence-electron chi connectivity index (χ1n) is 10.6. The second kappa shape index (κ2) is 7.52. The molecule has 0 radical (unpaired) electrons. The molecule has 1 fully saturated rings. The van der Waals surface area contributed by atoms with Gasteiger partial charge in [-0.3, -0.25) is 10.00 Å². The van der Waals surface area contributed by atoms with Gasteiger partial charge in [-0.2, -0.15) is 5.10 Å². The van der Waals surface area contributed by atoms with Gasteiger partial charge in [0.15, 0.2) is 0 Å². The third kappa shape index (κ3) is 3.54. The van der Waals surface area contributed by atoms with Crippen LogP contribution in [0.1, 0.15) is 19.8 Å². The van der Waals surface area contributed by atoms with Gasteiger partial charge in [-0.1, -0.05) is 6.07 Å². The molecule has 32 heavy (non-hydrogen) atoms. The van der Waals surface area contributed by atoms with Gasteiger partial charge >= 0.3 is 6.03 Å². The number of hydrogen-bond donors (Lipinski definition) is 3. The van der Waals surface area contributed by atoms with Crippen molar-refractivity contribution >= 4 is 33.9 Å². The molecule has 2 aromatic heterocycles. The van der Waals surface area contributed by atoms with Crippen molar-refractivity contribution in [1.29, 1.82) is 0 Å². The third-order valence-corrected chi connectivity index (χ3v) is 6.24. The molecule has 0 aliphatic carbocycles. The molecule has 3 heterocycles. The molecule has 5 rings (SSSR count). The minimum atomic E-state index is -0.714. The molecule has 0 atom stereocenters. The number of methoxy groups -OCH3 is 1. The largest absolute Gasteiger partial charge is 0.494 e. The third-order valence-electron chi connectivity index (χ3n) is 6.24. The van der Waals surface area contributed by atoms with Gasteiger partial charge in [0.1, 0.15) is 16.8 Å². The van der Waals surface area contributed by atoms with E-state index in [2.05, 4.69) is 26.4 Å². The Morgan fingerprint density at radius 3 is 2.78 bits per heavy atom. The number of benzene rings is 2. The lowest BCUT2D eigenvalue weighted by molar-refractivity contribution is 0.00569. The molecular formula is C23H26N6O3. The molecule has 166 valence electrons. The van der Waals surface area contributed by atoms with Crippen molar-refractivity contribution in [3.63, 3.8) is 0 Å². The van der Waals surface area contributed by atoms with Crippen LogP contribution in [0.2, 0.25) is 0 Å². The van der Waals surface area contributed by atoms with E-state index < -0.39 is 5.60 Å². The monoisotopic (exact) mass is 434 g/mol. The minimum Gasteiger partial charge on any atom is -0.494 e. The number of amides is 2. The van der Waals surface area contributed by atoms with E-state index in [0.29, 0.717) is 48.7 Å². The summed E-state index contributed by atoms with van der Waals surface area (Å²) in [5.41, 5.74) is 3.69. The van der Waals surface area contributed by atoms with Crippen LogP contribution in [-0.2, 0) is 7.05 Å². The number of H-pyrrole nitrogens is 1. The summed E-state index contributed by atoms with van der Waals surface area (Å²) in [4.78, 5) is 22.3. The molecule has 1 aliphatic heterocycles.